The average Bonchev–Trinajstić information content (AvgIpc) is 2.85. The summed E-state index contributed by atoms with van der Waals surface area (Å²) in [6.07, 6.45) is 6.64. The van der Waals surface area contributed by atoms with Crippen molar-refractivity contribution < 1.29 is 14.6 Å². The van der Waals surface area contributed by atoms with Gasteiger partial charge in [0.25, 0.3) is 5.79 Å². The van der Waals surface area contributed by atoms with Gasteiger partial charge in [-0.25, -0.2) is 0 Å². The predicted molar refractivity (Wildman–Crippen MR) is 52.3 cm³/mol. The molecule has 0 bridgehead atoms. The zero-order chi connectivity index (χ0) is 10.2. The van der Waals surface area contributed by atoms with Crippen molar-refractivity contribution in [2.45, 2.75) is 51.4 Å². The molecule has 1 heterocycles. The summed E-state index contributed by atoms with van der Waals surface area (Å²) < 4.78 is 11.2. The quantitative estimate of drug-likeness (QED) is 0.752. The zero-order valence-corrected chi connectivity index (χ0v) is 8.82. The van der Waals surface area contributed by atoms with E-state index in [9.17, 15) is 5.11 Å². The maximum absolute atomic E-state index is 9.81. The van der Waals surface area contributed by atoms with E-state index in [1.165, 1.54) is 0 Å². The van der Waals surface area contributed by atoms with Crippen LogP contribution in [0.15, 0.2) is 12.5 Å². The lowest BCUT2D eigenvalue weighted by Crippen LogP contribution is -2.46. The van der Waals surface area contributed by atoms with Crippen LogP contribution in [0.2, 0.25) is 0 Å². The van der Waals surface area contributed by atoms with Crippen molar-refractivity contribution in [1.82, 2.24) is 0 Å². The summed E-state index contributed by atoms with van der Waals surface area (Å²) in [7, 11) is 0. The highest BCUT2D eigenvalue weighted by atomic mass is 16.7. The van der Waals surface area contributed by atoms with Gasteiger partial charge in [-0.15, -0.1) is 0 Å². The number of aliphatic hydroxyl groups is 1. The van der Waals surface area contributed by atoms with Crippen LogP contribution in [0.1, 0.15) is 39.5 Å². The van der Waals surface area contributed by atoms with Crippen LogP contribution in [-0.4, -0.2) is 17.0 Å². The minimum absolute atomic E-state index is 0.174. The molecule has 3 nitrogen and oxygen atoms in total. The Balaban J connectivity index is 2.19. The first-order valence-corrected chi connectivity index (χ1v) is 5.35. The van der Waals surface area contributed by atoms with Crippen LogP contribution < -0.4 is 0 Å². The summed E-state index contributed by atoms with van der Waals surface area (Å²) in [5.74, 6) is -0.587. The maximum Gasteiger partial charge on any atom is 0.257 e. The zero-order valence-electron chi connectivity index (χ0n) is 8.82. The first-order valence-electron chi connectivity index (χ1n) is 5.35. The van der Waals surface area contributed by atoms with Crippen LogP contribution in [0, 0.1) is 5.41 Å². The van der Waals surface area contributed by atoms with Crippen LogP contribution in [0.4, 0.5) is 0 Å². The molecule has 2 rings (SSSR count). The Morgan fingerprint density at radius 3 is 2.29 bits per heavy atom. The van der Waals surface area contributed by atoms with E-state index in [0.29, 0.717) is 0 Å². The molecule has 1 N–H and O–H groups in total. The molecule has 1 fully saturated rings. The molecule has 14 heavy (non-hydrogen) atoms. The SMILES string of the molecule is CCCC1(C2(C(C)O)CC2)OC=CO1. The molecular formula is C11H18O3. The summed E-state index contributed by atoms with van der Waals surface area (Å²) in [4.78, 5) is 0. The summed E-state index contributed by atoms with van der Waals surface area (Å²) in [6, 6.07) is 0. The van der Waals surface area contributed by atoms with Crippen molar-refractivity contribution in [1.29, 1.82) is 0 Å². The van der Waals surface area contributed by atoms with Crippen molar-refractivity contribution in [3.05, 3.63) is 12.5 Å². The summed E-state index contributed by atoms with van der Waals surface area (Å²) in [5.41, 5.74) is -0.174. The van der Waals surface area contributed by atoms with Gasteiger partial charge < -0.3 is 14.6 Å². The van der Waals surface area contributed by atoms with E-state index in [4.69, 9.17) is 9.47 Å². The maximum atomic E-state index is 9.81. The minimum atomic E-state index is -0.587. The fourth-order valence-electron chi connectivity index (χ4n) is 2.49. The topological polar surface area (TPSA) is 38.7 Å². The minimum Gasteiger partial charge on any atom is -0.456 e. The normalized spacial score (nSPS) is 27.9. The smallest absolute Gasteiger partial charge is 0.257 e. The molecule has 1 unspecified atom stereocenters. The Morgan fingerprint density at radius 1 is 1.36 bits per heavy atom. The highest BCUT2D eigenvalue weighted by Gasteiger charge is 2.66. The van der Waals surface area contributed by atoms with E-state index in [1.807, 2.05) is 6.92 Å². The van der Waals surface area contributed by atoms with Gasteiger partial charge in [-0.2, -0.15) is 0 Å². The molecule has 0 aromatic rings. The number of aliphatic hydroxyl groups excluding tert-OH is 1. The van der Waals surface area contributed by atoms with E-state index in [0.717, 1.165) is 25.7 Å². The molecule has 3 heteroatoms. The number of hydrogen-bond acceptors (Lipinski definition) is 3. The molecule has 0 aromatic carbocycles. The number of ether oxygens (including phenoxy) is 2. The summed E-state index contributed by atoms with van der Waals surface area (Å²) in [6.45, 7) is 3.93. The Kier molecular flexibility index (Phi) is 2.22. The molecule has 0 saturated heterocycles. The molecule has 1 aliphatic carbocycles. The van der Waals surface area contributed by atoms with Gasteiger partial charge in [0.1, 0.15) is 12.5 Å². The number of rotatable bonds is 4. The molecule has 1 saturated carbocycles. The van der Waals surface area contributed by atoms with Crippen LogP contribution in [-0.2, 0) is 9.47 Å². The monoisotopic (exact) mass is 198 g/mol. The fourth-order valence-corrected chi connectivity index (χ4v) is 2.49. The van der Waals surface area contributed by atoms with Crippen LogP contribution in [0.25, 0.3) is 0 Å². The molecule has 2 aliphatic rings. The highest BCUT2D eigenvalue weighted by molar-refractivity contribution is 5.10. The molecular weight excluding hydrogens is 180 g/mol. The van der Waals surface area contributed by atoms with Crippen molar-refractivity contribution in [2.75, 3.05) is 0 Å². The third-order valence-electron chi connectivity index (χ3n) is 3.50. The van der Waals surface area contributed by atoms with Crippen LogP contribution in [0.3, 0.4) is 0 Å². The largest absolute Gasteiger partial charge is 0.456 e. The summed E-state index contributed by atoms with van der Waals surface area (Å²) >= 11 is 0. The third-order valence-corrected chi connectivity index (χ3v) is 3.50. The van der Waals surface area contributed by atoms with Crippen molar-refractivity contribution in [3.63, 3.8) is 0 Å². The van der Waals surface area contributed by atoms with Gasteiger partial charge in [-0.1, -0.05) is 6.92 Å². The van der Waals surface area contributed by atoms with Crippen LogP contribution >= 0.6 is 0 Å². The molecule has 0 aromatic heterocycles. The van der Waals surface area contributed by atoms with E-state index in [-0.39, 0.29) is 11.5 Å². The second-order valence-electron chi connectivity index (χ2n) is 4.34. The van der Waals surface area contributed by atoms with E-state index in [2.05, 4.69) is 6.92 Å². The van der Waals surface area contributed by atoms with E-state index >= 15 is 0 Å². The first kappa shape index (κ1) is 9.84. The molecule has 80 valence electrons. The van der Waals surface area contributed by atoms with Gasteiger partial charge in [-0.05, 0) is 26.2 Å². The van der Waals surface area contributed by atoms with Crippen molar-refractivity contribution in [2.24, 2.45) is 5.41 Å². The van der Waals surface area contributed by atoms with Gasteiger partial charge in [0.05, 0.1) is 11.5 Å². The van der Waals surface area contributed by atoms with E-state index < -0.39 is 5.79 Å². The molecule has 1 atom stereocenters. The standard InChI is InChI=1S/C11H18O3/c1-3-4-11(13-7-8-14-11)10(5-6-10)9(2)12/h7-9,12H,3-6H2,1-2H3. The van der Waals surface area contributed by atoms with Gasteiger partial charge in [0, 0.05) is 6.42 Å². The van der Waals surface area contributed by atoms with Gasteiger partial charge in [-0.3, -0.25) is 0 Å². The van der Waals surface area contributed by atoms with E-state index in [1.54, 1.807) is 12.5 Å². The first-order chi connectivity index (χ1) is 6.67. The predicted octanol–water partition coefficient (Wildman–Crippen LogP) is 2.16. The Bertz CT molecular complexity index is 233. The second-order valence-corrected chi connectivity index (χ2v) is 4.34. The van der Waals surface area contributed by atoms with Gasteiger partial charge in [0.15, 0.2) is 0 Å². The van der Waals surface area contributed by atoms with Crippen molar-refractivity contribution in [3.8, 4) is 0 Å². The highest BCUT2D eigenvalue weighted by Crippen LogP contribution is 2.61. The van der Waals surface area contributed by atoms with Gasteiger partial charge >= 0.3 is 0 Å². The fraction of sp³-hybridized carbons (Fsp3) is 0.818. The van der Waals surface area contributed by atoms with Crippen LogP contribution in [0.5, 0.6) is 0 Å². The lowest BCUT2D eigenvalue weighted by Gasteiger charge is -2.37. The molecule has 0 radical (unpaired) electrons. The lowest BCUT2D eigenvalue weighted by molar-refractivity contribution is -0.219. The van der Waals surface area contributed by atoms with Gasteiger partial charge in [0.2, 0.25) is 0 Å². The second kappa shape index (κ2) is 3.16. The average molecular weight is 198 g/mol. The lowest BCUT2D eigenvalue weighted by atomic mass is 9.86. The Labute approximate surface area is 84.7 Å². The Hall–Kier alpha value is -0.700. The van der Waals surface area contributed by atoms with Crippen molar-refractivity contribution >= 4 is 0 Å². The molecule has 0 spiro atoms. The molecule has 0 amide bonds. The molecule has 1 aliphatic heterocycles. The number of hydrogen-bond donors (Lipinski definition) is 1. The third kappa shape index (κ3) is 1.15. The summed E-state index contributed by atoms with van der Waals surface area (Å²) in [5, 5.41) is 9.81. The Morgan fingerprint density at radius 2 is 1.93 bits per heavy atom.